The Morgan fingerprint density at radius 3 is 0.783 bits per heavy atom. The number of hydrogen-bond donors (Lipinski definition) is 0. The van der Waals surface area contributed by atoms with Crippen LogP contribution in [0, 0.1) is 0 Å². The van der Waals surface area contributed by atoms with E-state index in [1.807, 2.05) is 0 Å². The van der Waals surface area contributed by atoms with Crippen molar-refractivity contribution in [3.8, 4) is 0 Å². The van der Waals surface area contributed by atoms with E-state index in [1.165, 1.54) is 9.79 Å². The minimum Gasteiger partial charge on any atom is -0.370 e. The van der Waals surface area contributed by atoms with Gasteiger partial charge in [0.2, 0.25) is 0 Å². The van der Waals surface area contributed by atoms with E-state index >= 15 is 0 Å². The molecule has 0 aliphatic carbocycles. The van der Waals surface area contributed by atoms with Gasteiger partial charge in [-0.25, -0.2) is 0 Å². The first kappa shape index (κ1) is 41.5. The third-order valence-corrected chi connectivity index (χ3v) is 15.4. The van der Waals surface area contributed by atoms with Crippen LogP contribution in [0.25, 0.3) is 0 Å². The van der Waals surface area contributed by atoms with Crippen LogP contribution in [-0.4, -0.2) is 57.3 Å². The van der Waals surface area contributed by atoms with Crippen molar-refractivity contribution >= 4 is 49.6 Å². The molecule has 0 radical (unpaired) electrons. The van der Waals surface area contributed by atoms with Gasteiger partial charge in [-0.3, -0.25) is 0 Å². The molecule has 2 aromatic rings. The maximum absolute atomic E-state index is 6.50. The molecule has 0 N–H and O–H groups in total. The van der Waals surface area contributed by atoms with Gasteiger partial charge in [-0.05, 0) is 62.8 Å². The fourth-order valence-electron chi connectivity index (χ4n) is 4.38. The summed E-state index contributed by atoms with van der Waals surface area (Å²) in [6.07, 6.45) is 12.4. The van der Waals surface area contributed by atoms with Crippen molar-refractivity contribution < 1.29 is 26.6 Å². The Morgan fingerprint density at radius 1 is 0.370 bits per heavy atom. The highest BCUT2D eigenvalue weighted by Crippen LogP contribution is 2.37. The predicted molar refractivity (Wildman–Crippen MR) is 201 cm³/mol. The fourth-order valence-corrected chi connectivity index (χ4v) is 11.4. The lowest BCUT2D eigenvalue weighted by molar-refractivity contribution is 0.0693. The molecule has 0 unspecified atom stereocenters. The Morgan fingerprint density at radius 2 is 0.587 bits per heavy atom. The van der Waals surface area contributed by atoms with E-state index in [4.69, 9.17) is 26.6 Å². The third kappa shape index (κ3) is 14.8. The highest BCUT2D eigenvalue weighted by atomic mass is 33.1. The summed E-state index contributed by atoms with van der Waals surface area (Å²) in [4.78, 5) is 2.35. The summed E-state index contributed by atoms with van der Waals surface area (Å²) >= 11 is 0. The zero-order chi connectivity index (χ0) is 33.4. The number of hydrogen-bond acceptors (Lipinski definition) is 8. The molecule has 46 heavy (non-hydrogen) atoms. The van der Waals surface area contributed by atoms with Crippen molar-refractivity contribution in [1.82, 2.24) is 0 Å². The lowest BCUT2D eigenvalue weighted by Crippen LogP contribution is -2.57. The van der Waals surface area contributed by atoms with Crippen LogP contribution in [0.15, 0.2) is 58.3 Å². The second-order valence-electron chi connectivity index (χ2n) is 11.5. The first-order valence-electron chi connectivity index (χ1n) is 17.9. The van der Waals surface area contributed by atoms with Crippen molar-refractivity contribution in [3.05, 3.63) is 48.5 Å². The molecule has 0 amide bonds. The molecule has 0 bridgehead atoms. The molecule has 0 aliphatic heterocycles. The van der Waals surface area contributed by atoms with Crippen LogP contribution in [0.4, 0.5) is 0 Å². The monoisotopic (exact) mass is 710 g/mol. The Kier molecular flexibility index (Phi) is 22.9. The van der Waals surface area contributed by atoms with Gasteiger partial charge in [-0.2, -0.15) is 0 Å². The van der Waals surface area contributed by atoms with Crippen LogP contribution in [0.1, 0.15) is 119 Å². The van der Waals surface area contributed by atoms with Gasteiger partial charge < -0.3 is 26.6 Å². The average molecular weight is 711 g/mol. The van der Waals surface area contributed by atoms with Gasteiger partial charge in [0, 0.05) is 59.8 Å². The lowest BCUT2D eigenvalue weighted by Gasteiger charge is -2.30. The molecule has 10 heteroatoms. The number of benzene rings is 2. The topological polar surface area (TPSA) is 55.4 Å². The summed E-state index contributed by atoms with van der Waals surface area (Å²) in [5.74, 6) is 0. The second-order valence-corrected chi connectivity index (χ2v) is 18.9. The lowest BCUT2D eigenvalue weighted by atomic mass is 10.4. The predicted octanol–water partition coefficient (Wildman–Crippen LogP) is 9.68. The Labute approximate surface area is 291 Å². The first-order chi connectivity index (χ1) is 22.5. The Balaban J connectivity index is 2.19. The molecule has 0 aromatic heterocycles. The van der Waals surface area contributed by atoms with Crippen molar-refractivity contribution in [2.75, 3.05) is 39.6 Å². The third-order valence-electron chi connectivity index (χ3n) is 7.39. The van der Waals surface area contributed by atoms with Crippen LogP contribution < -0.4 is 10.4 Å². The molecule has 0 spiro atoms. The fraction of sp³-hybridized carbons (Fsp3) is 0.667. The molecule has 0 saturated carbocycles. The standard InChI is InChI=1S/C36H62O6S2Si2/c1-7-13-27-37-45(38-28-14-8-2,39-29-15-9-3)35-23-19-33(20-24-35)43-44-34-21-25-36(26-22-34)46(40-30-16-10-4,41-31-17-11-5)42-32-18-12-6/h19-26H,7-18,27-32H2,1-6H3. The smallest absolute Gasteiger partial charge is 0.370 e. The summed E-state index contributed by atoms with van der Waals surface area (Å²) in [7, 11) is -2.51. The van der Waals surface area contributed by atoms with E-state index in [9.17, 15) is 0 Å². The van der Waals surface area contributed by atoms with Crippen LogP contribution in [0.3, 0.4) is 0 Å². The van der Waals surface area contributed by atoms with Gasteiger partial charge in [-0.1, -0.05) is 126 Å². The van der Waals surface area contributed by atoms with Gasteiger partial charge in [0.25, 0.3) is 0 Å². The maximum atomic E-state index is 6.50. The minimum atomic E-state index is -3.00. The summed E-state index contributed by atoms with van der Waals surface area (Å²) in [6.45, 7) is 17.0. The maximum Gasteiger partial charge on any atom is 0.537 e. The zero-order valence-electron chi connectivity index (χ0n) is 29.6. The van der Waals surface area contributed by atoms with Crippen LogP contribution in [-0.2, 0) is 26.6 Å². The molecule has 0 heterocycles. The average Bonchev–Trinajstić information content (AvgIpc) is 3.08. The molecule has 262 valence electrons. The highest BCUT2D eigenvalue weighted by Gasteiger charge is 2.45. The molecule has 2 rings (SSSR count). The SMILES string of the molecule is CCCCO[Si](OCCCC)(OCCCC)c1ccc(SSc2ccc([Si](OCCCC)(OCCCC)OCCCC)cc2)cc1. The van der Waals surface area contributed by atoms with Crippen molar-refractivity contribution in [3.63, 3.8) is 0 Å². The Bertz CT molecular complexity index is 878. The van der Waals surface area contributed by atoms with Crippen molar-refractivity contribution in [1.29, 1.82) is 0 Å². The van der Waals surface area contributed by atoms with E-state index in [-0.39, 0.29) is 0 Å². The molecule has 0 fully saturated rings. The van der Waals surface area contributed by atoms with Crippen molar-refractivity contribution in [2.24, 2.45) is 0 Å². The van der Waals surface area contributed by atoms with Gasteiger partial charge >= 0.3 is 17.6 Å². The Hall–Kier alpha value is -0.666. The van der Waals surface area contributed by atoms with Crippen LogP contribution in [0.5, 0.6) is 0 Å². The van der Waals surface area contributed by atoms with E-state index in [2.05, 4.69) is 90.1 Å². The van der Waals surface area contributed by atoms with Crippen LogP contribution >= 0.6 is 21.6 Å². The van der Waals surface area contributed by atoms with E-state index in [0.29, 0.717) is 39.6 Å². The summed E-state index contributed by atoms with van der Waals surface area (Å²) in [5, 5.41) is 2.09. The molecule has 0 atom stereocenters. The normalized spacial score (nSPS) is 12.2. The van der Waals surface area contributed by atoms with Crippen molar-refractivity contribution in [2.45, 2.75) is 128 Å². The molecule has 6 nitrogen and oxygen atoms in total. The molecule has 2 aromatic carbocycles. The van der Waals surface area contributed by atoms with Gasteiger partial charge in [-0.15, -0.1) is 0 Å². The molecular formula is C36H62O6S2Si2. The van der Waals surface area contributed by atoms with E-state index in [1.54, 1.807) is 21.6 Å². The van der Waals surface area contributed by atoms with Gasteiger partial charge in [0.05, 0.1) is 0 Å². The first-order valence-corrected chi connectivity index (χ1v) is 23.5. The zero-order valence-corrected chi connectivity index (χ0v) is 33.2. The molecular weight excluding hydrogens is 649 g/mol. The van der Waals surface area contributed by atoms with Gasteiger partial charge in [0.1, 0.15) is 0 Å². The molecule has 0 aliphatic rings. The second kappa shape index (κ2) is 25.3. The molecule has 0 saturated heterocycles. The number of rotatable bonds is 29. The highest BCUT2D eigenvalue weighted by molar-refractivity contribution is 8.76. The van der Waals surface area contributed by atoms with Crippen LogP contribution in [0.2, 0.25) is 0 Å². The van der Waals surface area contributed by atoms with E-state index in [0.717, 1.165) is 87.4 Å². The largest absolute Gasteiger partial charge is 0.537 e. The summed E-state index contributed by atoms with van der Waals surface area (Å²) < 4.78 is 39.0. The quantitative estimate of drug-likeness (QED) is 0.0470. The summed E-state index contributed by atoms with van der Waals surface area (Å²) in [6, 6.07) is 17.3. The van der Waals surface area contributed by atoms with E-state index < -0.39 is 17.6 Å². The number of unbranched alkanes of at least 4 members (excludes halogenated alkanes) is 6. The summed E-state index contributed by atoms with van der Waals surface area (Å²) in [5.41, 5.74) is 0. The minimum absolute atomic E-state index is 0.657. The van der Waals surface area contributed by atoms with Gasteiger partial charge in [0.15, 0.2) is 0 Å².